The summed E-state index contributed by atoms with van der Waals surface area (Å²) in [5.41, 5.74) is 1.15. The van der Waals surface area contributed by atoms with Gasteiger partial charge in [0.25, 0.3) is 0 Å². The fourth-order valence-electron chi connectivity index (χ4n) is 2.13. The molecule has 1 aliphatic rings. The standard InChI is InChI=1S/C15H23NO2S/c1-12(13-5-3-2-4-6-13)18-10-15(17)9-16-14-7-8-19-11-14/h2-6,12,14-17H,7-11H2,1H3. The molecule has 4 heteroatoms. The number of thioether (sulfide) groups is 1. The van der Waals surface area contributed by atoms with E-state index in [0.29, 0.717) is 19.2 Å². The molecule has 1 aromatic carbocycles. The maximum absolute atomic E-state index is 9.91. The molecule has 0 radical (unpaired) electrons. The third-order valence-electron chi connectivity index (χ3n) is 3.38. The van der Waals surface area contributed by atoms with Crippen molar-refractivity contribution < 1.29 is 9.84 Å². The number of hydrogen-bond acceptors (Lipinski definition) is 4. The highest BCUT2D eigenvalue weighted by Gasteiger charge is 2.16. The predicted molar refractivity (Wildman–Crippen MR) is 80.5 cm³/mol. The SMILES string of the molecule is CC(OCC(O)CNC1CCSC1)c1ccccc1. The first kappa shape index (κ1) is 14.9. The van der Waals surface area contributed by atoms with Crippen molar-refractivity contribution in [2.75, 3.05) is 24.7 Å². The first-order valence-corrected chi connectivity index (χ1v) is 8.07. The minimum atomic E-state index is -0.434. The zero-order valence-corrected chi connectivity index (χ0v) is 12.2. The van der Waals surface area contributed by atoms with Gasteiger partial charge in [-0.1, -0.05) is 30.3 Å². The summed E-state index contributed by atoms with van der Waals surface area (Å²) in [6, 6.07) is 10.7. The number of aliphatic hydroxyl groups excluding tert-OH is 1. The van der Waals surface area contributed by atoms with E-state index >= 15 is 0 Å². The molecule has 3 atom stereocenters. The van der Waals surface area contributed by atoms with Crippen molar-refractivity contribution in [3.63, 3.8) is 0 Å². The van der Waals surface area contributed by atoms with Gasteiger partial charge in [0.15, 0.2) is 0 Å². The quantitative estimate of drug-likeness (QED) is 0.804. The van der Waals surface area contributed by atoms with E-state index in [-0.39, 0.29) is 6.10 Å². The number of ether oxygens (including phenoxy) is 1. The number of aliphatic hydroxyl groups is 1. The Balaban J connectivity index is 1.64. The fourth-order valence-corrected chi connectivity index (χ4v) is 3.32. The highest BCUT2D eigenvalue weighted by molar-refractivity contribution is 7.99. The molecule has 19 heavy (non-hydrogen) atoms. The normalized spacial score (nSPS) is 22.3. The van der Waals surface area contributed by atoms with E-state index in [2.05, 4.69) is 5.32 Å². The van der Waals surface area contributed by atoms with Crippen LogP contribution < -0.4 is 5.32 Å². The summed E-state index contributed by atoms with van der Waals surface area (Å²) in [5, 5.41) is 13.3. The molecule has 0 saturated carbocycles. The summed E-state index contributed by atoms with van der Waals surface area (Å²) in [6.45, 7) is 3.01. The molecule has 3 nitrogen and oxygen atoms in total. The summed E-state index contributed by atoms with van der Waals surface area (Å²) in [6.07, 6.45) is 0.799. The second-order valence-corrected chi connectivity index (χ2v) is 6.16. The van der Waals surface area contributed by atoms with Gasteiger partial charge < -0.3 is 15.2 Å². The Morgan fingerprint density at radius 1 is 1.42 bits per heavy atom. The third kappa shape index (κ3) is 5.15. The van der Waals surface area contributed by atoms with Crippen molar-refractivity contribution in [2.24, 2.45) is 0 Å². The first-order chi connectivity index (χ1) is 9.25. The molecule has 0 aromatic heterocycles. The summed E-state index contributed by atoms with van der Waals surface area (Å²) < 4.78 is 5.71. The number of nitrogens with one attached hydrogen (secondary N) is 1. The third-order valence-corrected chi connectivity index (χ3v) is 4.54. The average molecular weight is 281 g/mol. The molecule has 106 valence electrons. The van der Waals surface area contributed by atoms with Gasteiger partial charge in [-0.15, -0.1) is 0 Å². The van der Waals surface area contributed by atoms with Gasteiger partial charge in [0.1, 0.15) is 0 Å². The van der Waals surface area contributed by atoms with Gasteiger partial charge in [0, 0.05) is 18.3 Å². The maximum Gasteiger partial charge on any atom is 0.0898 e. The molecule has 2 N–H and O–H groups in total. The van der Waals surface area contributed by atoms with Gasteiger partial charge in [-0.25, -0.2) is 0 Å². The molecule has 0 aliphatic carbocycles. The summed E-state index contributed by atoms with van der Waals surface area (Å²) in [7, 11) is 0. The minimum Gasteiger partial charge on any atom is -0.389 e. The largest absolute Gasteiger partial charge is 0.389 e. The minimum absolute atomic E-state index is 0.0258. The van der Waals surface area contributed by atoms with Crippen LogP contribution >= 0.6 is 11.8 Å². The van der Waals surface area contributed by atoms with Crippen LogP contribution in [-0.4, -0.2) is 41.9 Å². The van der Waals surface area contributed by atoms with E-state index in [1.807, 2.05) is 49.0 Å². The lowest BCUT2D eigenvalue weighted by molar-refractivity contribution is -0.00266. The van der Waals surface area contributed by atoms with Crippen LogP contribution in [0.25, 0.3) is 0 Å². The van der Waals surface area contributed by atoms with Crippen molar-refractivity contribution in [1.82, 2.24) is 5.32 Å². The van der Waals surface area contributed by atoms with Crippen molar-refractivity contribution >= 4 is 11.8 Å². The van der Waals surface area contributed by atoms with Crippen LogP contribution in [0.1, 0.15) is 25.0 Å². The van der Waals surface area contributed by atoms with E-state index in [1.165, 1.54) is 12.2 Å². The topological polar surface area (TPSA) is 41.5 Å². The first-order valence-electron chi connectivity index (χ1n) is 6.91. The van der Waals surface area contributed by atoms with Gasteiger partial charge in [0.05, 0.1) is 18.8 Å². The molecular weight excluding hydrogens is 258 g/mol. The van der Waals surface area contributed by atoms with Crippen LogP contribution in [0.3, 0.4) is 0 Å². The van der Waals surface area contributed by atoms with Crippen LogP contribution in [-0.2, 0) is 4.74 Å². The summed E-state index contributed by atoms with van der Waals surface area (Å²) in [5.74, 6) is 2.39. The average Bonchev–Trinajstić information content (AvgIpc) is 2.96. The number of benzene rings is 1. The molecule has 1 saturated heterocycles. The van der Waals surface area contributed by atoms with E-state index in [4.69, 9.17) is 4.74 Å². The Kier molecular flexibility index (Phi) is 6.17. The second kappa shape index (κ2) is 7.90. The molecule has 0 amide bonds. The zero-order chi connectivity index (χ0) is 13.5. The monoisotopic (exact) mass is 281 g/mol. The fraction of sp³-hybridized carbons (Fsp3) is 0.600. The van der Waals surface area contributed by atoms with E-state index in [9.17, 15) is 5.11 Å². The zero-order valence-electron chi connectivity index (χ0n) is 11.4. The van der Waals surface area contributed by atoms with Crippen LogP contribution in [0.5, 0.6) is 0 Å². The number of hydrogen-bond donors (Lipinski definition) is 2. The van der Waals surface area contributed by atoms with Crippen LogP contribution in [0.15, 0.2) is 30.3 Å². The molecule has 0 bridgehead atoms. The molecule has 1 heterocycles. The van der Waals surface area contributed by atoms with Gasteiger partial charge in [0.2, 0.25) is 0 Å². The van der Waals surface area contributed by atoms with Gasteiger partial charge in [-0.2, -0.15) is 11.8 Å². The summed E-state index contributed by atoms with van der Waals surface area (Å²) >= 11 is 1.97. The van der Waals surface area contributed by atoms with Gasteiger partial charge >= 0.3 is 0 Å². The number of rotatable bonds is 7. The van der Waals surface area contributed by atoms with Gasteiger partial charge in [-0.05, 0) is 24.7 Å². The lowest BCUT2D eigenvalue weighted by Gasteiger charge is -2.19. The van der Waals surface area contributed by atoms with E-state index < -0.39 is 6.10 Å². The molecule has 3 unspecified atom stereocenters. The van der Waals surface area contributed by atoms with Gasteiger partial charge in [-0.3, -0.25) is 0 Å². The van der Waals surface area contributed by atoms with Crippen molar-refractivity contribution in [1.29, 1.82) is 0 Å². The Hall–Kier alpha value is -0.550. The van der Waals surface area contributed by atoms with E-state index in [1.54, 1.807) is 0 Å². The van der Waals surface area contributed by atoms with Crippen LogP contribution in [0, 0.1) is 0 Å². The lowest BCUT2D eigenvalue weighted by Crippen LogP contribution is -2.37. The van der Waals surface area contributed by atoms with Crippen LogP contribution in [0.4, 0.5) is 0 Å². The second-order valence-electron chi connectivity index (χ2n) is 5.01. The predicted octanol–water partition coefficient (Wildman–Crippen LogP) is 2.22. The molecule has 1 aromatic rings. The van der Waals surface area contributed by atoms with E-state index in [0.717, 1.165) is 11.3 Å². The van der Waals surface area contributed by atoms with Crippen molar-refractivity contribution in [3.8, 4) is 0 Å². The lowest BCUT2D eigenvalue weighted by atomic mass is 10.1. The molecular formula is C15H23NO2S. The highest BCUT2D eigenvalue weighted by Crippen LogP contribution is 2.17. The maximum atomic E-state index is 9.91. The Labute approximate surface area is 119 Å². The van der Waals surface area contributed by atoms with Crippen molar-refractivity contribution in [3.05, 3.63) is 35.9 Å². The van der Waals surface area contributed by atoms with Crippen molar-refractivity contribution in [2.45, 2.75) is 31.6 Å². The Bertz CT molecular complexity index is 354. The molecule has 0 spiro atoms. The molecule has 1 fully saturated rings. The van der Waals surface area contributed by atoms with Crippen LogP contribution in [0.2, 0.25) is 0 Å². The smallest absolute Gasteiger partial charge is 0.0898 e. The Morgan fingerprint density at radius 2 is 2.21 bits per heavy atom. The Morgan fingerprint density at radius 3 is 2.89 bits per heavy atom. The summed E-state index contributed by atoms with van der Waals surface area (Å²) in [4.78, 5) is 0. The highest BCUT2D eigenvalue weighted by atomic mass is 32.2. The molecule has 1 aliphatic heterocycles. The molecule has 2 rings (SSSR count).